The van der Waals surface area contributed by atoms with E-state index in [1.165, 1.54) is 0 Å². The predicted molar refractivity (Wildman–Crippen MR) is 65.0 cm³/mol. The normalized spacial score (nSPS) is 12.5. The maximum absolute atomic E-state index is 5.85. The van der Waals surface area contributed by atoms with E-state index in [1.807, 2.05) is 7.05 Å². The molecule has 1 atom stereocenters. The van der Waals surface area contributed by atoms with E-state index in [9.17, 15) is 0 Å². The fourth-order valence-corrected chi connectivity index (χ4v) is 1.76. The average molecular weight is 248 g/mol. The van der Waals surface area contributed by atoms with E-state index in [0.29, 0.717) is 22.6 Å². The molecule has 2 nitrogen and oxygen atoms in total. The molecule has 1 aromatic rings. The lowest BCUT2D eigenvalue weighted by atomic mass is 10.2. The van der Waals surface area contributed by atoms with Gasteiger partial charge < -0.3 is 10.1 Å². The van der Waals surface area contributed by atoms with Crippen molar-refractivity contribution in [3.05, 3.63) is 28.2 Å². The van der Waals surface area contributed by atoms with Gasteiger partial charge in [0.1, 0.15) is 5.75 Å². The van der Waals surface area contributed by atoms with Gasteiger partial charge in [-0.3, -0.25) is 0 Å². The zero-order chi connectivity index (χ0) is 11.3. The van der Waals surface area contributed by atoms with Gasteiger partial charge in [-0.2, -0.15) is 0 Å². The van der Waals surface area contributed by atoms with Crippen LogP contribution in [-0.4, -0.2) is 20.2 Å². The molecule has 0 aromatic heterocycles. The van der Waals surface area contributed by atoms with Gasteiger partial charge in [0.05, 0.1) is 6.61 Å². The summed E-state index contributed by atoms with van der Waals surface area (Å²) in [7, 11) is 1.92. The topological polar surface area (TPSA) is 21.3 Å². The third-order valence-electron chi connectivity index (χ3n) is 1.92. The van der Waals surface area contributed by atoms with Crippen LogP contribution < -0.4 is 10.1 Å². The minimum Gasteiger partial charge on any atom is -0.493 e. The summed E-state index contributed by atoms with van der Waals surface area (Å²) in [5.74, 6) is 1.17. The second-order valence-electron chi connectivity index (χ2n) is 3.58. The molecule has 0 bridgehead atoms. The molecule has 84 valence electrons. The summed E-state index contributed by atoms with van der Waals surface area (Å²) in [5.41, 5.74) is 0. The Morgan fingerprint density at radius 3 is 2.40 bits per heavy atom. The van der Waals surface area contributed by atoms with Crippen LogP contribution in [0, 0.1) is 5.92 Å². The number of hydrogen-bond acceptors (Lipinski definition) is 2. The first kappa shape index (κ1) is 12.6. The van der Waals surface area contributed by atoms with Gasteiger partial charge >= 0.3 is 0 Å². The van der Waals surface area contributed by atoms with E-state index in [2.05, 4.69) is 12.2 Å². The lowest BCUT2D eigenvalue weighted by Crippen LogP contribution is -2.21. The largest absolute Gasteiger partial charge is 0.493 e. The number of rotatable bonds is 5. The van der Waals surface area contributed by atoms with Gasteiger partial charge in [0.25, 0.3) is 0 Å². The standard InChI is InChI=1S/C11H15Cl2NO/c1-8(6-14-2)7-15-11-4-9(12)3-10(13)5-11/h3-5,8,14H,6-7H2,1-2H3. The quantitative estimate of drug-likeness (QED) is 0.863. The molecule has 4 heteroatoms. The summed E-state index contributed by atoms with van der Waals surface area (Å²) >= 11 is 11.7. The van der Waals surface area contributed by atoms with Crippen LogP contribution in [0.25, 0.3) is 0 Å². The summed E-state index contributed by atoms with van der Waals surface area (Å²) < 4.78 is 5.57. The molecule has 1 aromatic carbocycles. The minimum absolute atomic E-state index is 0.452. The predicted octanol–water partition coefficient (Wildman–Crippen LogP) is 3.23. The zero-order valence-corrected chi connectivity index (χ0v) is 10.4. The van der Waals surface area contributed by atoms with E-state index < -0.39 is 0 Å². The van der Waals surface area contributed by atoms with Crippen LogP contribution in [0.1, 0.15) is 6.92 Å². The molecule has 0 aliphatic rings. The third kappa shape index (κ3) is 4.74. The fourth-order valence-electron chi connectivity index (χ4n) is 1.26. The smallest absolute Gasteiger partial charge is 0.122 e. The Balaban J connectivity index is 2.50. The van der Waals surface area contributed by atoms with E-state index in [-0.39, 0.29) is 0 Å². The van der Waals surface area contributed by atoms with Crippen LogP contribution >= 0.6 is 23.2 Å². The highest BCUT2D eigenvalue weighted by molar-refractivity contribution is 6.34. The van der Waals surface area contributed by atoms with Crippen molar-refractivity contribution in [3.8, 4) is 5.75 Å². The molecule has 1 N–H and O–H groups in total. The Morgan fingerprint density at radius 2 is 1.87 bits per heavy atom. The first-order chi connectivity index (χ1) is 7.11. The Bertz CT molecular complexity index is 297. The van der Waals surface area contributed by atoms with Crippen molar-refractivity contribution in [3.63, 3.8) is 0 Å². The highest BCUT2D eigenvalue weighted by Crippen LogP contribution is 2.24. The van der Waals surface area contributed by atoms with E-state index in [1.54, 1.807) is 18.2 Å². The van der Waals surface area contributed by atoms with Gasteiger partial charge in [0.2, 0.25) is 0 Å². The molecule has 0 heterocycles. The molecule has 1 rings (SSSR count). The number of ether oxygens (including phenoxy) is 1. The zero-order valence-electron chi connectivity index (χ0n) is 8.89. The van der Waals surface area contributed by atoms with Gasteiger partial charge in [-0.15, -0.1) is 0 Å². The number of halogens is 2. The maximum Gasteiger partial charge on any atom is 0.122 e. The third-order valence-corrected chi connectivity index (χ3v) is 2.36. The van der Waals surface area contributed by atoms with Crippen LogP contribution in [0.4, 0.5) is 0 Å². The van der Waals surface area contributed by atoms with Crippen LogP contribution in [0.5, 0.6) is 5.75 Å². The number of nitrogens with one attached hydrogen (secondary N) is 1. The Kier molecular flexibility index (Phi) is 5.23. The molecule has 0 saturated heterocycles. The first-order valence-electron chi connectivity index (χ1n) is 4.85. The van der Waals surface area contributed by atoms with Crippen LogP contribution in [-0.2, 0) is 0 Å². The molecule has 0 radical (unpaired) electrons. The van der Waals surface area contributed by atoms with Crippen LogP contribution in [0.15, 0.2) is 18.2 Å². The van der Waals surface area contributed by atoms with Gasteiger partial charge in [-0.1, -0.05) is 30.1 Å². The van der Waals surface area contributed by atoms with Gasteiger partial charge in [-0.25, -0.2) is 0 Å². The van der Waals surface area contributed by atoms with Crippen LogP contribution in [0.2, 0.25) is 10.0 Å². The first-order valence-corrected chi connectivity index (χ1v) is 5.61. The lowest BCUT2D eigenvalue weighted by molar-refractivity contribution is 0.258. The van der Waals surface area contributed by atoms with Crippen molar-refractivity contribution in [2.24, 2.45) is 5.92 Å². The van der Waals surface area contributed by atoms with Crippen molar-refractivity contribution >= 4 is 23.2 Å². The summed E-state index contributed by atoms with van der Waals surface area (Å²) in [6, 6.07) is 5.21. The highest BCUT2D eigenvalue weighted by atomic mass is 35.5. The van der Waals surface area contributed by atoms with Crippen LogP contribution in [0.3, 0.4) is 0 Å². The van der Waals surface area contributed by atoms with E-state index in [4.69, 9.17) is 27.9 Å². The number of hydrogen-bond donors (Lipinski definition) is 1. The Labute approximate surface area is 101 Å². The average Bonchev–Trinajstić information content (AvgIpc) is 2.14. The molecule has 0 aliphatic heterocycles. The van der Waals surface area contributed by atoms with Crippen molar-refractivity contribution < 1.29 is 4.74 Å². The molecular weight excluding hydrogens is 233 g/mol. The minimum atomic E-state index is 0.452. The fraction of sp³-hybridized carbons (Fsp3) is 0.455. The monoisotopic (exact) mass is 247 g/mol. The molecule has 0 aliphatic carbocycles. The SMILES string of the molecule is CNCC(C)COc1cc(Cl)cc(Cl)c1. The molecule has 15 heavy (non-hydrogen) atoms. The summed E-state index contributed by atoms with van der Waals surface area (Å²) in [6.07, 6.45) is 0. The highest BCUT2D eigenvalue weighted by Gasteiger charge is 2.03. The molecule has 1 unspecified atom stereocenters. The van der Waals surface area contributed by atoms with Crippen molar-refractivity contribution in [2.45, 2.75) is 6.92 Å². The van der Waals surface area contributed by atoms with Gasteiger partial charge in [0, 0.05) is 22.5 Å². The molecular formula is C11H15Cl2NO. The van der Waals surface area contributed by atoms with E-state index in [0.717, 1.165) is 12.3 Å². The summed E-state index contributed by atoms with van der Waals surface area (Å²) in [4.78, 5) is 0. The molecule has 0 spiro atoms. The molecule has 0 fully saturated rings. The summed E-state index contributed by atoms with van der Waals surface area (Å²) in [5, 5.41) is 4.29. The van der Waals surface area contributed by atoms with Crippen molar-refractivity contribution in [1.29, 1.82) is 0 Å². The molecule has 0 amide bonds. The van der Waals surface area contributed by atoms with Gasteiger partial charge in [-0.05, 0) is 25.2 Å². The second kappa shape index (κ2) is 6.21. The summed E-state index contributed by atoms with van der Waals surface area (Å²) in [6.45, 7) is 3.69. The van der Waals surface area contributed by atoms with Crippen molar-refractivity contribution in [1.82, 2.24) is 5.32 Å². The van der Waals surface area contributed by atoms with Gasteiger partial charge in [0.15, 0.2) is 0 Å². The molecule has 0 saturated carbocycles. The van der Waals surface area contributed by atoms with E-state index >= 15 is 0 Å². The lowest BCUT2D eigenvalue weighted by Gasteiger charge is -2.12. The Hall–Kier alpha value is -0.440. The Morgan fingerprint density at radius 1 is 1.27 bits per heavy atom. The van der Waals surface area contributed by atoms with Crippen molar-refractivity contribution in [2.75, 3.05) is 20.2 Å². The maximum atomic E-state index is 5.85. The number of benzene rings is 1. The second-order valence-corrected chi connectivity index (χ2v) is 4.45.